The van der Waals surface area contributed by atoms with Crippen molar-refractivity contribution in [3.8, 4) is 5.75 Å². The van der Waals surface area contributed by atoms with Gasteiger partial charge in [-0.25, -0.2) is 4.90 Å². The molecule has 2 aliphatic rings. The quantitative estimate of drug-likeness (QED) is 0.746. The lowest BCUT2D eigenvalue weighted by Crippen LogP contribution is -2.36. The number of aliphatic hydroxyl groups excluding tert-OH is 1. The molecule has 140 valence electrons. The van der Waals surface area contributed by atoms with Crippen molar-refractivity contribution in [1.82, 2.24) is 4.90 Å². The molecule has 6 heteroatoms. The molecule has 26 heavy (non-hydrogen) atoms. The van der Waals surface area contributed by atoms with Crippen LogP contribution in [0.5, 0.6) is 5.75 Å². The molecule has 0 radical (unpaired) electrons. The maximum atomic E-state index is 12.2. The van der Waals surface area contributed by atoms with Gasteiger partial charge in [0, 0.05) is 0 Å². The van der Waals surface area contributed by atoms with Crippen LogP contribution in [-0.2, 0) is 4.79 Å². The minimum atomic E-state index is -1.12. The molecule has 1 aliphatic heterocycles. The van der Waals surface area contributed by atoms with Crippen LogP contribution in [0, 0.1) is 5.92 Å². The van der Waals surface area contributed by atoms with Crippen LogP contribution in [-0.4, -0.2) is 34.0 Å². The van der Waals surface area contributed by atoms with E-state index in [0.717, 1.165) is 46.9 Å². The van der Waals surface area contributed by atoms with Crippen LogP contribution in [0.15, 0.2) is 29.2 Å². The van der Waals surface area contributed by atoms with E-state index < -0.39 is 17.4 Å². The first-order chi connectivity index (χ1) is 12.5. The summed E-state index contributed by atoms with van der Waals surface area (Å²) < 4.78 is 5.83. The summed E-state index contributed by atoms with van der Waals surface area (Å²) in [6.45, 7) is 2.13. The van der Waals surface area contributed by atoms with Crippen LogP contribution >= 0.6 is 11.8 Å². The summed E-state index contributed by atoms with van der Waals surface area (Å²) in [5.74, 6) is 1.16. The molecule has 1 aliphatic carbocycles. The molecule has 1 saturated heterocycles. The Hall–Kier alpha value is -1.79. The SMILES string of the molecule is CC(O)N1C(=O)SC(=Cc2ccc(OCCC3CCCCC3)cc2)C1=O. The second kappa shape index (κ2) is 8.73. The topological polar surface area (TPSA) is 66.8 Å². The number of hydrogen-bond acceptors (Lipinski definition) is 5. The van der Waals surface area contributed by atoms with Crippen molar-refractivity contribution in [3.05, 3.63) is 34.7 Å². The maximum Gasteiger partial charge on any atom is 0.295 e. The fraction of sp³-hybridized carbons (Fsp3) is 0.500. The van der Waals surface area contributed by atoms with Crippen LogP contribution in [0.2, 0.25) is 0 Å². The second-order valence-corrected chi connectivity index (χ2v) is 7.89. The maximum absolute atomic E-state index is 12.2. The number of thioether (sulfide) groups is 1. The number of imide groups is 1. The van der Waals surface area contributed by atoms with Crippen LogP contribution in [0.4, 0.5) is 4.79 Å². The highest BCUT2D eigenvalue weighted by atomic mass is 32.2. The van der Waals surface area contributed by atoms with Crippen molar-refractivity contribution < 1.29 is 19.4 Å². The van der Waals surface area contributed by atoms with Crippen LogP contribution in [0.25, 0.3) is 6.08 Å². The highest BCUT2D eigenvalue weighted by Gasteiger charge is 2.37. The number of hydrogen-bond donors (Lipinski definition) is 1. The molecule has 2 fully saturated rings. The molecular formula is C20H25NO4S. The second-order valence-electron chi connectivity index (χ2n) is 6.89. The lowest BCUT2D eigenvalue weighted by Gasteiger charge is -2.21. The van der Waals surface area contributed by atoms with Gasteiger partial charge in [-0.1, -0.05) is 44.2 Å². The molecule has 0 bridgehead atoms. The highest BCUT2D eigenvalue weighted by molar-refractivity contribution is 8.18. The van der Waals surface area contributed by atoms with Gasteiger partial charge in [-0.15, -0.1) is 0 Å². The van der Waals surface area contributed by atoms with Gasteiger partial charge >= 0.3 is 0 Å². The number of amides is 2. The summed E-state index contributed by atoms with van der Waals surface area (Å²) in [7, 11) is 0. The number of nitrogens with zero attached hydrogens (tertiary/aromatic N) is 1. The third kappa shape index (κ3) is 4.68. The number of benzene rings is 1. The number of carbonyl (C=O) groups is 2. The van der Waals surface area contributed by atoms with Gasteiger partial charge in [0.2, 0.25) is 0 Å². The zero-order valence-electron chi connectivity index (χ0n) is 15.0. The zero-order chi connectivity index (χ0) is 18.5. The van der Waals surface area contributed by atoms with E-state index in [1.165, 1.54) is 39.0 Å². The molecule has 0 spiro atoms. The highest BCUT2D eigenvalue weighted by Crippen LogP contribution is 2.33. The third-order valence-electron chi connectivity index (χ3n) is 4.89. The van der Waals surface area contributed by atoms with Crippen molar-refractivity contribution in [2.45, 2.75) is 51.7 Å². The van der Waals surface area contributed by atoms with Gasteiger partial charge < -0.3 is 9.84 Å². The molecule has 5 nitrogen and oxygen atoms in total. The fourth-order valence-electron chi connectivity index (χ4n) is 3.43. The third-order valence-corrected chi connectivity index (χ3v) is 5.78. The lowest BCUT2D eigenvalue weighted by molar-refractivity contribution is -0.128. The summed E-state index contributed by atoms with van der Waals surface area (Å²) in [5.41, 5.74) is 0.820. The van der Waals surface area contributed by atoms with Crippen molar-refractivity contribution in [3.63, 3.8) is 0 Å². The number of ether oxygens (including phenoxy) is 1. The molecule has 2 amide bonds. The van der Waals surface area contributed by atoms with Crippen molar-refractivity contribution in [2.24, 2.45) is 5.92 Å². The average molecular weight is 375 g/mol. The normalized spacial score (nSPS) is 21.5. The van der Waals surface area contributed by atoms with Crippen LogP contribution in [0.3, 0.4) is 0 Å². The van der Waals surface area contributed by atoms with E-state index in [2.05, 4.69) is 0 Å². The van der Waals surface area contributed by atoms with E-state index in [1.807, 2.05) is 24.3 Å². The van der Waals surface area contributed by atoms with Gasteiger partial charge in [-0.2, -0.15) is 0 Å². The van der Waals surface area contributed by atoms with Crippen molar-refractivity contribution >= 4 is 29.0 Å². The number of aliphatic hydroxyl groups is 1. The smallest absolute Gasteiger partial charge is 0.295 e. The monoisotopic (exact) mass is 375 g/mol. The lowest BCUT2D eigenvalue weighted by atomic mass is 9.87. The summed E-state index contributed by atoms with van der Waals surface area (Å²) in [6.07, 6.45) is 8.36. The van der Waals surface area contributed by atoms with E-state index in [4.69, 9.17) is 4.74 Å². The van der Waals surface area contributed by atoms with Crippen molar-refractivity contribution in [1.29, 1.82) is 0 Å². The Bertz CT molecular complexity index is 678. The van der Waals surface area contributed by atoms with Gasteiger partial charge in [0.25, 0.3) is 11.1 Å². The van der Waals surface area contributed by atoms with Crippen molar-refractivity contribution in [2.75, 3.05) is 6.61 Å². The standard InChI is InChI=1S/C20H25NO4S/c1-14(22)21-19(23)18(26-20(21)24)13-16-7-9-17(10-8-16)25-12-11-15-5-3-2-4-6-15/h7-10,13-15,22H,2-6,11-12H2,1H3. The van der Waals surface area contributed by atoms with E-state index in [0.29, 0.717) is 4.91 Å². The molecule has 1 N–H and O–H groups in total. The number of carbonyl (C=O) groups excluding carboxylic acids is 2. The molecule has 1 heterocycles. The predicted molar refractivity (Wildman–Crippen MR) is 103 cm³/mol. The van der Waals surface area contributed by atoms with E-state index in [1.54, 1.807) is 6.08 Å². The van der Waals surface area contributed by atoms with Crippen LogP contribution in [0.1, 0.15) is 51.0 Å². The summed E-state index contributed by atoms with van der Waals surface area (Å²) in [6, 6.07) is 7.50. The van der Waals surface area contributed by atoms with Gasteiger partial charge in [-0.3, -0.25) is 9.59 Å². The molecule has 3 rings (SSSR count). The average Bonchev–Trinajstić information content (AvgIpc) is 2.91. The predicted octanol–water partition coefficient (Wildman–Crippen LogP) is 4.41. The molecule has 1 aromatic rings. The van der Waals surface area contributed by atoms with E-state index >= 15 is 0 Å². The summed E-state index contributed by atoms with van der Waals surface area (Å²) in [5, 5.41) is 9.07. The molecule has 1 atom stereocenters. The van der Waals surface area contributed by atoms with Gasteiger partial charge in [0.05, 0.1) is 11.5 Å². The largest absolute Gasteiger partial charge is 0.494 e. The Morgan fingerprint density at radius 1 is 1.23 bits per heavy atom. The Balaban J connectivity index is 1.54. The Morgan fingerprint density at radius 2 is 1.92 bits per heavy atom. The van der Waals surface area contributed by atoms with Gasteiger partial charge in [0.1, 0.15) is 12.0 Å². The minimum Gasteiger partial charge on any atom is -0.494 e. The Kier molecular flexibility index (Phi) is 6.38. The summed E-state index contributed by atoms with van der Waals surface area (Å²) in [4.78, 5) is 25.1. The molecule has 1 unspecified atom stereocenters. The fourth-order valence-corrected chi connectivity index (χ4v) is 4.34. The summed E-state index contributed by atoms with van der Waals surface area (Å²) >= 11 is 0.846. The van der Waals surface area contributed by atoms with E-state index in [-0.39, 0.29) is 0 Å². The molecule has 1 aromatic carbocycles. The first-order valence-corrected chi connectivity index (χ1v) is 10.0. The number of rotatable bonds is 6. The first-order valence-electron chi connectivity index (χ1n) is 9.22. The Labute approximate surface area is 158 Å². The zero-order valence-corrected chi connectivity index (χ0v) is 15.8. The van der Waals surface area contributed by atoms with Crippen LogP contribution < -0.4 is 4.74 Å². The molecular weight excluding hydrogens is 350 g/mol. The van der Waals surface area contributed by atoms with E-state index in [9.17, 15) is 14.7 Å². The van der Waals surface area contributed by atoms with Gasteiger partial charge in [-0.05, 0) is 54.8 Å². The minimum absolute atomic E-state index is 0.321. The van der Waals surface area contributed by atoms with Gasteiger partial charge in [0.15, 0.2) is 0 Å². The molecule has 1 saturated carbocycles. The first kappa shape index (κ1) is 19.0. The Morgan fingerprint density at radius 3 is 2.54 bits per heavy atom. The molecule has 0 aromatic heterocycles.